The minimum atomic E-state index is -0.319. The molecule has 1 aromatic rings. The lowest BCUT2D eigenvalue weighted by Gasteiger charge is -2.24. The van der Waals surface area contributed by atoms with Gasteiger partial charge in [0, 0.05) is 6.54 Å². The number of halogens is 1. The van der Waals surface area contributed by atoms with Crippen molar-refractivity contribution in [3.05, 3.63) is 24.0 Å². The fraction of sp³-hybridized carbons (Fsp3) is 0.455. The number of hydrogen-bond acceptors (Lipinski definition) is 3. The molecule has 2 heterocycles. The Labute approximate surface area is 88.2 Å². The van der Waals surface area contributed by atoms with Crippen molar-refractivity contribution in [1.29, 1.82) is 5.26 Å². The molecule has 0 aliphatic carbocycles. The molecule has 15 heavy (non-hydrogen) atoms. The minimum Gasteiger partial charge on any atom is -0.365 e. The van der Waals surface area contributed by atoms with E-state index in [1.807, 2.05) is 17.0 Å². The third-order valence-corrected chi connectivity index (χ3v) is 2.75. The molecule has 3 nitrogen and oxygen atoms in total. The maximum Gasteiger partial charge on any atom is 0.140 e. The topological polar surface area (TPSA) is 39.9 Å². The van der Waals surface area contributed by atoms with Crippen molar-refractivity contribution in [3.63, 3.8) is 0 Å². The van der Waals surface area contributed by atoms with Crippen molar-refractivity contribution in [2.24, 2.45) is 0 Å². The average Bonchev–Trinajstić information content (AvgIpc) is 2.77. The Balaban J connectivity index is 2.19. The zero-order valence-corrected chi connectivity index (χ0v) is 8.36. The summed E-state index contributed by atoms with van der Waals surface area (Å²) in [6, 6.07) is 5.45. The smallest absolute Gasteiger partial charge is 0.140 e. The summed E-state index contributed by atoms with van der Waals surface area (Å²) in [7, 11) is 0. The second-order valence-corrected chi connectivity index (χ2v) is 3.66. The molecule has 1 aliphatic heterocycles. The Morgan fingerprint density at radius 3 is 3.07 bits per heavy atom. The van der Waals surface area contributed by atoms with Crippen LogP contribution in [0.15, 0.2) is 18.3 Å². The van der Waals surface area contributed by atoms with Crippen molar-refractivity contribution >= 4 is 5.69 Å². The van der Waals surface area contributed by atoms with E-state index in [0.717, 1.165) is 25.1 Å². The Morgan fingerprint density at radius 2 is 2.47 bits per heavy atom. The van der Waals surface area contributed by atoms with Gasteiger partial charge in [-0.05, 0) is 25.0 Å². The van der Waals surface area contributed by atoms with Crippen LogP contribution < -0.4 is 4.90 Å². The van der Waals surface area contributed by atoms with Crippen molar-refractivity contribution in [3.8, 4) is 6.07 Å². The molecule has 1 fully saturated rings. The molecule has 0 radical (unpaired) electrons. The fourth-order valence-corrected chi connectivity index (χ4v) is 1.96. The van der Waals surface area contributed by atoms with Gasteiger partial charge in [0.25, 0.3) is 0 Å². The number of hydrogen-bond donors (Lipinski definition) is 0. The van der Waals surface area contributed by atoms with Gasteiger partial charge >= 0.3 is 0 Å². The van der Waals surface area contributed by atoms with E-state index in [1.165, 1.54) is 0 Å². The van der Waals surface area contributed by atoms with Crippen LogP contribution in [0.2, 0.25) is 0 Å². The predicted molar refractivity (Wildman–Crippen MR) is 55.3 cm³/mol. The summed E-state index contributed by atoms with van der Waals surface area (Å²) in [4.78, 5) is 6.01. The molecule has 0 bridgehead atoms. The molecule has 0 aromatic carbocycles. The molecule has 4 heteroatoms. The summed E-state index contributed by atoms with van der Waals surface area (Å²) in [6.45, 7) is 0.558. The van der Waals surface area contributed by atoms with Crippen LogP contribution in [-0.2, 0) is 0 Å². The minimum absolute atomic E-state index is 0.0141. The third kappa shape index (κ3) is 1.91. The van der Waals surface area contributed by atoms with Crippen LogP contribution >= 0.6 is 0 Å². The van der Waals surface area contributed by atoms with E-state index in [0.29, 0.717) is 5.69 Å². The van der Waals surface area contributed by atoms with Gasteiger partial charge in [-0.15, -0.1) is 0 Å². The largest absolute Gasteiger partial charge is 0.365 e. The van der Waals surface area contributed by atoms with Gasteiger partial charge in [-0.3, -0.25) is 0 Å². The lowest BCUT2D eigenvalue weighted by Crippen LogP contribution is -2.30. The lowest BCUT2D eigenvalue weighted by atomic mass is 10.2. The zero-order chi connectivity index (χ0) is 10.7. The van der Waals surface area contributed by atoms with Crippen LogP contribution in [0.1, 0.15) is 18.5 Å². The Hall–Kier alpha value is -1.63. The first-order chi connectivity index (χ1) is 7.35. The highest BCUT2D eigenvalue weighted by atomic mass is 19.1. The van der Waals surface area contributed by atoms with Crippen molar-refractivity contribution in [2.45, 2.75) is 18.9 Å². The molecule has 1 aliphatic rings. The molecule has 1 unspecified atom stereocenters. The SMILES string of the molecule is N#Cc1ccc(N2CCCC2CF)cn1. The maximum absolute atomic E-state index is 12.7. The Bertz CT molecular complexity index is 368. The van der Waals surface area contributed by atoms with Crippen LogP contribution in [0.4, 0.5) is 10.1 Å². The summed E-state index contributed by atoms with van der Waals surface area (Å²) < 4.78 is 12.7. The molecule has 0 N–H and O–H groups in total. The summed E-state index contributed by atoms with van der Waals surface area (Å²) in [5.74, 6) is 0. The second-order valence-electron chi connectivity index (χ2n) is 3.66. The predicted octanol–water partition coefficient (Wildman–Crippen LogP) is 1.89. The zero-order valence-electron chi connectivity index (χ0n) is 8.36. The average molecular weight is 205 g/mol. The number of anilines is 1. The molecule has 2 rings (SSSR count). The number of alkyl halides is 1. The number of aromatic nitrogens is 1. The summed E-state index contributed by atoms with van der Waals surface area (Å²) in [6.07, 6.45) is 3.57. The first-order valence-corrected chi connectivity index (χ1v) is 5.04. The Kier molecular flexibility index (Phi) is 2.82. The maximum atomic E-state index is 12.7. The quantitative estimate of drug-likeness (QED) is 0.740. The van der Waals surface area contributed by atoms with E-state index >= 15 is 0 Å². The highest BCUT2D eigenvalue weighted by Gasteiger charge is 2.24. The van der Waals surface area contributed by atoms with Gasteiger partial charge in [-0.25, -0.2) is 9.37 Å². The van der Waals surface area contributed by atoms with Crippen LogP contribution in [0.25, 0.3) is 0 Å². The molecule has 0 spiro atoms. The van der Waals surface area contributed by atoms with E-state index in [2.05, 4.69) is 4.98 Å². The highest BCUT2D eigenvalue weighted by molar-refractivity contribution is 5.47. The molecule has 1 aromatic heterocycles. The van der Waals surface area contributed by atoms with Crippen LogP contribution in [0.5, 0.6) is 0 Å². The first kappa shape index (κ1) is 9.91. The molecular weight excluding hydrogens is 193 g/mol. The summed E-state index contributed by atoms with van der Waals surface area (Å²) >= 11 is 0. The van der Waals surface area contributed by atoms with E-state index in [-0.39, 0.29) is 12.7 Å². The van der Waals surface area contributed by atoms with E-state index in [9.17, 15) is 4.39 Å². The van der Waals surface area contributed by atoms with Gasteiger partial charge in [-0.2, -0.15) is 5.26 Å². The standard InChI is InChI=1S/C11H12FN3/c12-6-10-2-1-5-15(10)11-4-3-9(7-13)14-8-11/h3-4,8,10H,1-2,5-6H2. The summed E-state index contributed by atoms with van der Waals surface area (Å²) in [5.41, 5.74) is 1.31. The molecular formula is C11H12FN3. The van der Waals surface area contributed by atoms with E-state index in [1.54, 1.807) is 12.3 Å². The Morgan fingerprint density at radius 1 is 1.60 bits per heavy atom. The van der Waals surface area contributed by atoms with Gasteiger partial charge in [0.1, 0.15) is 18.4 Å². The molecule has 78 valence electrons. The normalized spacial score (nSPS) is 20.3. The van der Waals surface area contributed by atoms with Gasteiger partial charge in [0.2, 0.25) is 0 Å². The monoisotopic (exact) mass is 205 g/mol. The van der Waals surface area contributed by atoms with Gasteiger partial charge in [0.15, 0.2) is 0 Å². The van der Waals surface area contributed by atoms with Crippen LogP contribution in [-0.4, -0.2) is 24.2 Å². The van der Waals surface area contributed by atoms with Crippen molar-refractivity contribution in [1.82, 2.24) is 4.98 Å². The molecule has 1 atom stereocenters. The number of nitrogens with zero attached hydrogens (tertiary/aromatic N) is 3. The highest BCUT2D eigenvalue weighted by Crippen LogP contribution is 2.24. The van der Waals surface area contributed by atoms with E-state index < -0.39 is 0 Å². The second kappa shape index (κ2) is 4.26. The van der Waals surface area contributed by atoms with Gasteiger partial charge in [-0.1, -0.05) is 0 Å². The first-order valence-electron chi connectivity index (χ1n) is 5.04. The van der Waals surface area contributed by atoms with Crippen molar-refractivity contribution < 1.29 is 4.39 Å². The van der Waals surface area contributed by atoms with Crippen LogP contribution in [0.3, 0.4) is 0 Å². The number of nitriles is 1. The van der Waals surface area contributed by atoms with Gasteiger partial charge in [0.05, 0.1) is 17.9 Å². The van der Waals surface area contributed by atoms with E-state index in [4.69, 9.17) is 5.26 Å². The fourth-order valence-electron chi connectivity index (χ4n) is 1.96. The number of rotatable bonds is 2. The van der Waals surface area contributed by atoms with Gasteiger partial charge < -0.3 is 4.90 Å². The van der Waals surface area contributed by atoms with Crippen LogP contribution in [0, 0.1) is 11.3 Å². The molecule has 0 amide bonds. The number of pyridine rings is 1. The van der Waals surface area contributed by atoms with Crippen molar-refractivity contribution in [2.75, 3.05) is 18.1 Å². The lowest BCUT2D eigenvalue weighted by molar-refractivity contribution is 0.428. The molecule has 0 saturated carbocycles. The third-order valence-electron chi connectivity index (χ3n) is 2.75. The summed E-state index contributed by atoms with van der Waals surface area (Å²) in [5, 5.41) is 8.61. The molecule has 1 saturated heterocycles.